The molecule has 0 amide bonds. The quantitative estimate of drug-likeness (QED) is 0.614. The summed E-state index contributed by atoms with van der Waals surface area (Å²) in [4.78, 5) is 2.72. The number of likely N-dealkylation sites (tertiary alicyclic amines) is 1. The summed E-state index contributed by atoms with van der Waals surface area (Å²) in [6.07, 6.45) is 12.6. The van der Waals surface area contributed by atoms with Crippen LogP contribution in [0.3, 0.4) is 0 Å². The molecule has 122 valence electrons. The third-order valence-corrected chi connectivity index (χ3v) is 5.34. The van der Waals surface area contributed by atoms with E-state index in [4.69, 9.17) is 23.2 Å². The molecule has 1 aliphatic carbocycles. The summed E-state index contributed by atoms with van der Waals surface area (Å²) in [6.45, 7) is 2.62. The van der Waals surface area contributed by atoms with Crippen molar-refractivity contribution in [3.8, 4) is 0 Å². The van der Waals surface area contributed by atoms with Crippen LogP contribution < -0.4 is 0 Å². The fourth-order valence-corrected chi connectivity index (χ4v) is 3.48. The van der Waals surface area contributed by atoms with Crippen LogP contribution in [0.4, 0.5) is 0 Å². The molecule has 1 aromatic rings. The van der Waals surface area contributed by atoms with Crippen LogP contribution in [0.5, 0.6) is 0 Å². The van der Waals surface area contributed by atoms with E-state index in [1.165, 1.54) is 45.2 Å². The van der Waals surface area contributed by atoms with E-state index in [-0.39, 0.29) is 12.4 Å². The van der Waals surface area contributed by atoms with Gasteiger partial charge in [-0.1, -0.05) is 47.8 Å². The molecule has 1 aliphatic heterocycles. The fourth-order valence-electron chi connectivity index (χ4n) is 3.18. The van der Waals surface area contributed by atoms with Crippen molar-refractivity contribution in [2.75, 3.05) is 13.1 Å². The van der Waals surface area contributed by atoms with Crippen LogP contribution >= 0.6 is 35.6 Å². The molecule has 0 spiro atoms. The molecule has 22 heavy (non-hydrogen) atoms. The molecule has 1 saturated carbocycles. The lowest BCUT2D eigenvalue weighted by molar-refractivity contribution is 0.143. The van der Waals surface area contributed by atoms with Gasteiger partial charge in [-0.05, 0) is 62.3 Å². The van der Waals surface area contributed by atoms with E-state index in [0.717, 1.165) is 23.9 Å². The van der Waals surface area contributed by atoms with Gasteiger partial charge in [-0.3, -0.25) is 4.90 Å². The van der Waals surface area contributed by atoms with Gasteiger partial charge in [-0.15, -0.1) is 12.4 Å². The lowest BCUT2D eigenvalue weighted by Gasteiger charge is -2.35. The van der Waals surface area contributed by atoms with Crippen molar-refractivity contribution in [2.45, 2.75) is 44.6 Å². The smallest absolute Gasteiger partial charge is 0.0598 e. The first-order chi connectivity index (χ1) is 10.2. The lowest BCUT2D eigenvalue weighted by Crippen LogP contribution is -2.40. The highest BCUT2D eigenvalue weighted by molar-refractivity contribution is 6.42. The van der Waals surface area contributed by atoms with E-state index in [0.29, 0.717) is 10.0 Å². The van der Waals surface area contributed by atoms with Crippen LogP contribution in [0.25, 0.3) is 6.08 Å². The Bertz CT molecular complexity index is 511. The Morgan fingerprint density at radius 2 is 1.91 bits per heavy atom. The van der Waals surface area contributed by atoms with Crippen LogP contribution in [0.1, 0.15) is 44.1 Å². The summed E-state index contributed by atoms with van der Waals surface area (Å²) < 4.78 is 0. The number of nitrogens with zero attached hydrogens (tertiary/aromatic N) is 1. The van der Waals surface area contributed by atoms with Gasteiger partial charge in [0.15, 0.2) is 0 Å². The normalized spacial score (nSPS) is 22.7. The van der Waals surface area contributed by atoms with Crippen LogP contribution in [0, 0.1) is 5.92 Å². The topological polar surface area (TPSA) is 3.24 Å². The molecule has 1 heterocycles. The monoisotopic (exact) mass is 359 g/mol. The van der Waals surface area contributed by atoms with Crippen molar-refractivity contribution in [2.24, 2.45) is 5.92 Å². The molecule has 2 aliphatic rings. The molecule has 1 unspecified atom stereocenters. The highest BCUT2D eigenvalue weighted by Crippen LogP contribution is 2.32. The van der Waals surface area contributed by atoms with Gasteiger partial charge in [0.2, 0.25) is 0 Å². The Kier molecular flexibility index (Phi) is 7.08. The molecular formula is C18H24Cl3N. The maximum atomic E-state index is 6.05. The Hall–Kier alpha value is -0.210. The number of piperidine rings is 1. The van der Waals surface area contributed by atoms with Crippen LogP contribution in [-0.2, 0) is 0 Å². The van der Waals surface area contributed by atoms with E-state index >= 15 is 0 Å². The Balaban J connectivity index is 0.00000176. The maximum absolute atomic E-state index is 6.05. The van der Waals surface area contributed by atoms with Crippen molar-refractivity contribution in [3.05, 3.63) is 39.9 Å². The molecule has 4 heteroatoms. The van der Waals surface area contributed by atoms with Gasteiger partial charge in [-0.25, -0.2) is 0 Å². The van der Waals surface area contributed by atoms with E-state index in [2.05, 4.69) is 17.1 Å². The molecule has 2 fully saturated rings. The molecular weight excluding hydrogens is 337 g/mol. The summed E-state index contributed by atoms with van der Waals surface area (Å²) in [7, 11) is 0. The van der Waals surface area contributed by atoms with Gasteiger partial charge < -0.3 is 0 Å². The minimum atomic E-state index is 0. The minimum Gasteiger partial charge on any atom is -0.300 e. The van der Waals surface area contributed by atoms with E-state index in [9.17, 15) is 0 Å². The van der Waals surface area contributed by atoms with Crippen molar-refractivity contribution in [1.82, 2.24) is 4.90 Å². The Morgan fingerprint density at radius 1 is 1.09 bits per heavy atom. The summed E-state index contributed by atoms with van der Waals surface area (Å²) >= 11 is 12.0. The highest BCUT2D eigenvalue weighted by Gasteiger charge is 2.28. The molecule has 0 bridgehead atoms. The van der Waals surface area contributed by atoms with Crippen molar-refractivity contribution in [3.63, 3.8) is 0 Å². The zero-order valence-corrected chi connectivity index (χ0v) is 15.1. The molecule has 1 nitrogen and oxygen atoms in total. The second kappa shape index (κ2) is 8.59. The number of rotatable bonds is 5. The Morgan fingerprint density at radius 3 is 2.64 bits per heavy atom. The molecule has 3 rings (SSSR count). The average Bonchev–Trinajstić information content (AvgIpc) is 3.29. The van der Waals surface area contributed by atoms with Crippen LogP contribution in [0.15, 0.2) is 24.3 Å². The molecule has 0 N–H and O–H groups in total. The number of benzene rings is 1. The standard InChI is InChI=1S/C18H23Cl2N.ClH/c19-17-10-9-14(12-18(17)20)4-3-6-16-5-1-2-11-21(16)13-15-7-8-15;/h3-4,9-10,12,15-16H,1-2,5-8,11,13H2;1H/b4-3+;. The SMILES string of the molecule is Cl.Clc1ccc(/C=C/CC2CCCCN2CC2CC2)cc1Cl. The van der Waals surface area contributed by atoms with E-state index in [1.807, 2.05) is 18.2 Å². The van der Waals surface area contributed by atoms with Crippen molar-refractivity contribution >= 4 is 41.7 Å². The minimum absolute atomic E-state index is 0. The second-order valence-electron chi connectivity index (χ2n) is 6.40. The zero-order valence-electron chi connectivity index (χ0n) is 12.8. The maximum Gasteiger partial charge on any atom is 0.0598 e. The summed E-state index contributed by atoms with van der Waals surface area (Å²) in [6, 6.07) is 6.55. The third kappa shape index (κ3) is 5.16. The number of hydrogen-bond acceptors (Lipinski definition) is 1. The van der Waals surface area contributed by atoms with Gasteiger partial charge in [0, 0.05) is 12.6 Å². The summed E-state index contributed by atoms with van der Waals surface area (Å²) in [5, 5.41) is 1.25. The van der Waals surface area contributed by atoms with E-state index in [1.54, 1.807) is 0 Å². The molecule has 1 atom stereocenters. The molecule has 0 aromatic heterocycles. The van der Waals surface area contributed by atoms with Gasteiger partial charge in [-0.2, -0.15) is 0 Å². The molecule has 1 saturated heterocycles. The molecule has 0 radical (unpaired) electrons. The lowest BCUT2D eigenvalue weighted by atomic mass is 9.98. The molecule has 1 aromatic carbocycles. The predicted octanol–water partition coefficient (Wildman–Crippen LogP) is 6.08. The van der Waals surface area contributed by atoms with Crippen LogP contribution in [-0.4, -0.2) is 24.0 Å². The van der Waals surface area contributed by atoms with Gasteiger partial charge in [0.25, 0.3) is 0 Å². The summed E-state index contributed by atoms with van der Waals surface area (Å²) in [5.41, 5.74) is 1.13. The predicted molar refractivity (Wildman–Crippen MR) is 99.3 cm³/mol. The first-order valence-electron chi connectivity index (χ1n) is 8.08. The largest absolute Gasteiger partial charge is 0.300 e. The zero-order chi connectivity index (χ0) is 14.7. The van der Waals surface area contributed by atoms with Gasteiger partial charge in [0.05, 0.1) is 10.0 Å². The van der Waals surface area contributed by atoms with E-state index < -0.39 is 0 Å². The van der Waals surface area contributed by atoms with Gasteiger partial charge in [0.1, 0.15) is 0 Å². The van der Waals surface area contributed by atoms with Gasteiger partial charge >= 0.3 is 0 Å². The third-order valence-electron chi connectivity index (χ3n) is 4.60. The first-order valence-corrected chi connectivity index (χ1v) is 8.83. The number of halogens is 3. The highest BCUT2D eigenvalue weighted by atomic mass is 35.5. The second-order valence-corrected chi connectivity index (χ2v) is 7.21. The summed E-state index contributed by atoms with van der Waals surface area (Å²) in [5.74, 6) is 0.990. The fraction of sp³-hybridized carbons (Fsp3) is 0.556. The van der Waals surface area contributed by atoms with Crippen LogP contribution in [0.2, 0.25) is 10.0 Å². The average molecular weight is 361 g/mol. The Labute approximate surface area is 150 Å². The van der Waals surface area contributed by atoms with Crippen molar-refractivity contribution in [1.29, 1.82) is 0 Å². The number of hydrogen-bond donors (Lipinski definition) is 0. The van der Waals surface area contributed by atoms with Crippen molar-refractivity contribution < 1.29 is 0 Å². The first kappa shape index (κ1) is 18.1.